The van der Waals surface area contributed by atoms with Gasteiger partial charge in [-0.3, -0.25) is 0 Å². The number of hydrogen-bond donors (Lipinski definition) is 0. The molecule has 1 aliphatic heterocycles. The van der Waals surface area contributed by atoms with Crippen LogP contribution in [0.4, 0.5) is 0 Å². The van der Waals surface area contributed by atoms with Crippen molar-refractivity contribution < 1.29 is 0 Å². The molecular formula is C13H18BCl. The van der Waals surface area contributed by atoms with E-state index in [-0.39, 0.29) is 6.13 Å². The largest absolute Gasteiger partial charge is 0.280 e. The summed E-state index contributed by atoms with van der Waals surface area (Å²) in [5.41, 5.74) is 5.35. The van der Waals surface area contributed by atoms with Crippen LogP contribution in [0.25, 0.3) is 0 Å². The highest BCUT2D eigenvalue weighted by atomic mass is 35.5. The lowest BCUT2D eigenvalue weighted by atomic mass is 9.43. The molecule has 1 heterocycles. The Bertz CT molecular complexity index is 378. The molecule has 80 valence electrons. The van der Waals surface area contributed by atoms with E-state index in [0.717, 1.165) is 18.2 Å². The van der Waals surface area contributed by atoms with Gasteiger partial charge >= 0.3 is 0 Å². The first-order valence-electron chi connectivity index (χ1n) is 6.05. The zero-order chi connectivity index (χ0) is 10.8. The second kappa shape index (κ2) is 2.94. The van der Waals surface area contributed by atoms with E-state index >= 15 is 0 Å². The lowest BCUT2D eigenvalue weighted by Crippen LogP contribution is -2.50. The van der Waals surface area contributed by atoms with Gasteiger partial charge in [0.15, 0.2) is 0 Å². The van der Waals surface area contributed by atoms with Gasteiger partial charge in [-0.15, -0.1) is 0 Å². The van der Waals surface area contributed by atoms with Gasteiger partial charge in [-0.25, -0.2) is 0 Å². The first-order valence-corrected chi connectivity index (χ1v) is 6.48. The summed E-state index contributed by atoms with van der Waals surface area (Å²) in [5, 5.41) is 0. The van der Waals surface area contributed by atoms with Crippen LogP contribution in [0.15, 0.2) is 22.7 Å². The van der Waals surface area contributed by atoms with Crippen molar-refractivity contribution >= 4 is 17.6 Å². The molecule has 3 aliphatic carbocycles. The number of rotatable bonds is 0. The molecule has 4 rings (SSSR count). The van der Waals surface area contributed by atoms with Gasteiger partial charge in [-0.2, -0.15) is 11.5 Å². The van der Waals surface area contributed by atoms with Crippen molar-refractivity contribution in [2.75, 3.05) is 0 Å². The Morgan fingerprint density at radius 1 is 1.47 bits per heavy atom. The minimum Gasteiger partial charge on any atom is -0.189 e. The summed E-state index contributed by atoms with van der Waals surface area (Å²) < 4.78 is 0. The molecule has 0 spiro atoms. The lowest BCUT2D eigenvalue weighted by molar-refractivity contribution is -0.0115. The molecule has 0 saturated heterocycles. The van der Waals surface area contributed by atoms with E-state index in [4.69, 9.17) is 11.5 Å². The van der Waals surface area contributed by atoms with E-state index < -0.39 is 0 Å². The second-order valence-electron chi connectivity index (χ2n) is 6.11. The fourth-order valence-electron chi connectivity index (χ4n) is 3.77. The SMILES string of the molecule is CC1=C2C[C@H]3C[C@@H](C2=CB(Cl)C1)C3(C)C. The molecule has 0 unspecified atom stereocenters. The molecular weight excluding hydrogens is 202 g/mol. The summed E-state index contributed by atoms with van der Waals surface area (Å²) in [6.45, 7) is 7.13. The molecule has 0 radical (unpaired) electrons. The summed E-state index contributed by atoms with van der Waals surface area (Å²) in [4.78, 5) is 0. The summed E-state index contributed by atoms with van der Waals surface area (Å²) in [6, 6.07) is 0. The number of allylic oxidation sites excluding steroid dienone is 3. The molecule has 2 bridgehead atoms. The van der Waals surface area contributed by atoms with E-state index in [1.807, 2.05) is 0 Å². The van der Waals surface area contributed by atoms with Crippen molar-refractivity contribution in [2.24, 2.45) is 17.3 Å². The molecule has 2 heteroatoms. The van der Waals surface area contributed by atoms with Gasteiger partial charge < -0.3 is 0 Å². The van der Waals surface area contributed by atoms with Crippen molar-refractivity contribution in [1.29, 1.82) is 0 Å². The maximum Gasteiger partial charge on any atom is 0.280 e. The first-order chi connectivity index (χ1) is 7.00. The molecule has 0 N–H and O–H groups in total. The van der Waals surface area contributed by atoms with Crippen LogP contribution < -0.4 is 0 Å². The van der Waals surface area contributed by atoms with Gasteiger partial charge in [-0.1, -0.05) is 31.0 Å². The zero-order valence-corrected chi connectivity index (χ0v) is 10.6. The quantitative estimate of drug-likeness (QED) is 0.540. The fraction of sp³-hybridized carbons (Fsp3) is 0.692. The highest BCUT2D eigenvalue weighted by Gasteiger charge is 2.54. The van der Waals surface area contributed by atoms with Gasteiger partial charge in [0, 0.05) is 0 Å². The zero-order valence-electron chi connectivity index (χ0n) is 9.81. The Morgan fingerprint density at radius 3 is 2.87 bits per heavy atom. The third-order valence-corrected chi connectivity index (χ3v) is 5.30. The van der Waals surface area contributed by atoms with Crippen molar-refractivity contribution in [1.82, 2.24) is 0 Å². The standard InChI is InChI=1S/C13H18BCl/c1-8-6-14(15)7-11-10(8)4-9-5-12(11)13(9,2)3/h7,9,12H,4-6H2,1-3H3/t9-,12-/m0/s1. The Labute approximate surface area is 97.8 Å². The van der Waals surface area contributed by atoms with Gasteiger partial charge in [0.05, 0.1) is 0 Å². The Morgan fingerprint density at radius 2 is 2.20 bits per heavy atom. The molecule has 15 heavy (non-hydrogen) atoms. The molecule has 0 aromatic heterocycles. The predicted molar refractivity (Wildman–Crippen MR) is 67.2 cm³/mol. The highest BCUT2D eigenvalue weighted by Crippen LogP contribution is 2.64. The van der Waals surface area contributed by atoms with Crippen LogP contribution in [-0.4, -0.2) is 6.13 Å². The topological polar surface area (TPSA) is 0 Å². The lowest BCUT2D eigenvalue weighted by Gasteiger charge is -2.59. The van der Waals surface area contributed by atoms with E-state index in [2.05, 4.69) is 26.7 Å². The molecule has 0 amide bonds. The third kappa shape index (κ3) is 1.22. The number of hydrogen-bond acceptors (Lipinski definition) is 0. The van der Waals surface area contributed by atoms with Gasteiger partial charge in [0.1, 0.15) is 0 Å². The molecule has 3 saturated carbocycles. The van der Waals surface area contributed by atoms with Crippen molar-refractivity contribution in [3.05, 3.63) is 22.7 Å². The molecule has 3 fully saturated rings. The van der Waals surface area contributed by atoms with Crippen molar-refractivity contribution in [3.63, 3.8) is 0 Å². The smallest absolute Gasteiger partial charge is 0.189 e. The maximum atomic E-state index is 6.30. The average Bonchev–Trinajstić information content (AvgIpc) is 2.15. The second-order valence-corrected chi connectivity index (χ2v) is 6.67. The van der Waals surface area contributed by atoms with E-state index in [1.165, 1.54) is 12.8 Å². The number of halogens is 1. The van der Waals surface area contributed by atoms with E-state index in [9.17, 15) is 0 Å². The Kier molecular flexibility index (Phi) is 1.96. The van der Waals surface area contributed by atoms with Crippen LogP contribution in [0.1, 0.15) is 33.6 Å². The summed E-state index contributed by atoms with van der Waals surface area (Å²) in [5.74, 6) is 4.06. The monoisotopic (exact) mass is 220 g/mol. The van der Waals surface area contributed by atoms with E-state index in [1.54, 1.807) is 16.7 Å². The Hall–Kier alpha value is -0.165. The maximum absolute atomic E-state index is 6.30. The summed E-state index contributed by atoms with van der Waals surface area (Å²) in [6.07, 6.45) is 4.03. The van der Waals surface area contributed by atoms with Crippen LogP contribution in [0.3, 0.4) is 0 Å². The minimum atomic E-state index is 0.247. The van der Waals surface area contributed by atoms with Crippen LogP contribution in [0.5, 0.6) is 0 Å². The van der Waals surface area contributed by atoms with Gasteiger partial charge in [0.2, 0.25) is 0 Å². The van der Waals surface area contributed by atoms with Crippen molar-refractivity contribution in [3.8, 4) is 0 Å². The van der Waals surface area contributed by atoms with Gasteiger partial charge in [0.25, 0.3) is 6.13 Å². The summed E-state index contributed by atoms with van der Waals surface area (Å²) >= 11 is 6.30. The van der Waals surface area contributed by atoms with Crippen molar-refractivity contribution in [2.45, 2.75) is 39.9 Å². The minimum absolute atomic E-state index is 0.247. The predicted octanol–water partition coefficient (Wildman–Crippen LogP) is 4.08. The van der Waals surface area contributed by atoms with Crippen LogP contribution in [0.2, 0.25) is 6.32 Å². The van der Waals surface area contributed by atoms with Crippen LogP contribution >= 0.6 is 11.5 Å². The first kappa shape index (κ1) is 10.0. The normalized spacial score (nSPS) is 37.1. The fourth-order valence-corrected chi connectivity index (χ4v) is 4.14. The molecule has 0 aromatic carbocycles. The molecule has 4 aliphatic rings. The van der Waals surface area contributed by atoms with Crippen LogP contribution in [0, 0.1) is 17.3 Å². The molecule has 0 nitrogen and oxygen atoms in total. The molecule has 0 aromatic rings. The van der Waals surface area contributed by atoms with Gasteiger partial charge in [-0.05, 0) is 48.9 Å². The third-order valence-electron chi connectivity index (χ3n) is 5.02. The average molecular weight is 221 g/mol. The highest BCUT2D eigenvalue weighted by molar-refractivity contribution is 7.10. The molecule has 2 atom stereocenters. The van der Waals surface area contributed by atoms with E-state index in [0.29, 0.717) is 5.41 Å². The summed E-state index contributed by atoms with van der Waals surface area (Å²) in [7, 11) is 0. The Balaban J connectivity index is 2.04. The van der Waals surface area contributed by atoms with Crippen LogP contribution in [-0.2, 0) is 0 Å².